The van der Waals surface area contributed by atoms with Gasteiger partial charge in [-0.05, 0) is 76.8 Å². The van der Waals surface area contributed by atoms with Gasteiger partial charge in [0.25, 0.3) is 10.1 Å². The van der Waals surface area contributed by atoms with Gasteiger partial charge in [-0.3, -0.25) is 9.35 Å². The first-order chi connectivity index (χ1) is 19.9. The summed E-state index contributed by atoms with van der Waals surface area (Å²) in [7, 11) is -2.59. The number of para-hydroxylation sites is 1. The van der Waals surface area contributed by atoms with E-state index in [1.165, 1.54) is 23.0 Å². The number of methoxy groups -OCH3 is 1. The Labute approximate surface area is 249 Å². The van der Waals surface area contributed by atoms with Gasteiger partial charge in [-0.15, -0.1) is 0 Å². The third kappa shape index (κ3) is 6.09. The van der Waals surface area contributed by atoms with Crippen molar-refractivity contribution in [1.29, 1.82) is 0 Å². The van der Waals surface area contributed by atoms with Gasteiger partial charge in [-0.2, -0.15) is 13.0 Å². The molecular weight excluding hydrogens is 552 g/mol. The van der Waals surface area contributed by atoms with Crippen molar-refractivity contribution in [2.45, 2.75) is 75.5 Å². The molecule has 0 aliphatic carbocycles. The average molecular weight is 596 g/mol. The van der Waals surface area contributed by atoms with Crippen molar-refractivity contribution in [3.05, 3.63) is 77.5 Å². The third-order valence-electron chi connectivity index (χ3n) is 8.71. The molecule has 42 heavy (non-hydrogen) atoms. The van der Waals surface area contributed by atoms with E-state index in [-0.39, 0.29) is 16.7 Å². The fourth-order valence-electron chi connectivity index (χ4n) is 6.43. The molecule has 2 aliphatic rings. The van der Waals surface area contributed by atoms with E-state index < -0.39 is 21.5 Å². The number of fused-ring (bicyclic) bond motifs is 2. The molecule has 2 aromatic rings. The van der Waals surface area contributed by atoms with Crippen molar-refractivity contribution < 1.29 is 32.2 Å². The molecule has 226 valence electrons. The highest BCUT2D eigenvalue weighted by Crippen LogP contribution is 2.50. The molecule has 4 rings (SSSR count). The molecule has 0 bridgehead atoms. The normalized spacial score (nSPS) is 20.5. The number of allylic oxidation sites excluding steroid dienone is 4. The van der Waals surface area contributed by atoms with E-state index in [2.05, 4.69) is 79.7 Å². The number of rotatable bonds is 13. The van der Waals surface area contributed by atoms with Gasteiger partial charge in [0, 0.05) is 61.2 Å². The van der Waals surface area contributed by atoms with Crippen molar-refractivity contribution in [2.24, 2.45) is 0 Å². The van der Waals surface area contributed by atoms with Gasteiger partial charge in [0.05, 0.1) is 10.3 Å². The van der Waals surface area contributed by atoms with E-state index in [0.29, 0.717) is 19.6 Å². The van der Waals surface area contributed by atoms with Crippen LogP contribution >= 0.6 is 0 Å². The summed E-state index contributed by atoms with van der Waals surface area (Å²) in [5.41, 5.74) is 5.66. The van der Waals surface area contributed by atoms with E-state index in [1.807, 2.05) is 0 Å². The first-order valence-electron chi connectivity index (χ1n) is 14.6. The van der Waals surface area contributed by atoms with E-state index in [0.717, 1.165) is 42.8 Å². The van der Waals surface area contributed by atoms with Crippen LogP contribution in [-0.4, -0.2) is 61.1 Å². The van der Waals surface area contributed by atoms with Gasteiger partial charge in [0.15, 0.2) is 5.71 Å². The van der Waals surface area contributed by atoms with Gasteiger partial charge in [0.1, 0.15) is 6.54 Å². The monoisotopic (exact) mass is 595 g/mol. The van der Waals surface area contributed by atoms with Crippen molar-refractivity contribution in [3.8, 4) is 0 Å². The lowest BCUT2D eigenvalue weighted by Crippen LogP contribution is -2.30. The largest absolute Gasteiger partial charge is 0.481 e. The first-order valence-corrected chi connectivity index (χ1v) is 16.0. The maximum Gasteiger partial charge on any atom is 0.303 e. The zero-order valence-electron chi connectivity index (χ0n) is 25.3. The molecule has 8 nitrogen and oxygen atoms in total. The van der Waals surface area contributed by atoms with Crippen LogP contribution in [0.25, 0.3) is 0 Å². The zero-order chi connectivity index (χ0) is 30.7. The van der Waals surface area contributed by atoms with Crippen molar-refractivity contribution in [2.75, 3.05) is 31.7 Å². The molecule has 0 radical (unpaired) electrons. The number of hydrogen-bond acceptors (Lipinski definition) is 5. The molecule has 0 aromatic heterocycles. The summed E-state index contributed by atoms with van der Waals surface area (Å²) in [4.78, 5) is 13.3. The molecular formula is C33H43N2O6S+. The van der Waals surface area contributed by atoms with Gasteiger partial charge in [-0.25, -0.2) is 0 Å². The smallest absolute Gasteiger partial charge is 0.303 e. The number of hydrogen-bond donors (Lipinski definition) is 2. The summed E-state index contributed by atoms with van der Waals surface area (Å²) in [5.74, 6) is -0.760. The summed E-state index contributed by atoms with van der Waals surface area (Å²) >= 11 is 0. The minimum Gasteiger partial charge on any atom is -0.481 e. The highest BCUT2D eigenvalue weighted by Gasteiger charge is 2.45. The van der Waals surface area contributed by atoms with Crippen LogP contribution in [0.4, 0.5) is 11.4 Å². The molecule has 1 atom stereocenters. The average Bonchev–Trinajstić information content (AvgIpc) is 3.30. The summed E-state index contributed by atoms with van der Waals surface area (Å²) in [6.07, 6.45) is 9.73. The van der Waals surface area contributed by atoms with Crippen molar-refractivity contribution in [1.82, 2.24) is 0 Å². The summed E-state index contributed by atoms with van der Waals surface area (Å²) in [5, 5.41) is 9.03. The van der Waals surface area contributed by atoms with E-state index in [1.54, 1.807) is 19.2 Å². The molecule has 1 unspecified atom stereocenters. The van der Waals surface area contributed by atoms with Gasteiger partial charge in [0.2, 0.25) is 5.69 Å². The van der Waals surface area contributed by atoms with Gasteiger partial charge >= 0.3 is 5.97 Å². The highest BCUT2D eigenvalue weighted by atomic mass is 32.2. The Morgan fingerprint density at radius 2 is 1.81 bits per heavy atom. The maximum atomic E-state index is 11.9. The third-order valence-corrected chi connectivity index (χ3v) is 9.56. The fourth-order valence-corrected chi connectivity index (χ4v) is 6.94. The number of unbranched alkanes of at least 4 members (excludes halogenated alkanes) is 2. The predicted octanol–water partition coefficient (Wildman–Crippen LogP) is 6.23. The number of nitrogens with zero attached hydrogens (tertiary/aromatic N) is 2. The minimum atomic E-state index is -4.31. The molecule has 0 saturated carbocycles. The van der Waals surface area contributed by atoms with Crippen LogP contribution in [0, 0.1) is 0 Å². The van der Waals surface area contributed by atoms with Crippen LogP contribution in [-0.2, 0) is 30.5 Å². The second kappa shape index (κ2) is 12.5. The lowest BCUT2D eigenvalue weighted by molar-refractivity contribution is -0.433. The number of carboxylic acid groups (broad SMARTS) is 1. The molecule has 0 saturated heterocycles. The topological polar surface area (TPSA) is 107 Å². The molecule has 0 spiro atoms. The van der Waals surface area contributed by atoms with Crippen LogP contribution in [0.15, 0.2) is 71.3 Å². The number of benzene rings is 2. The molecule has 0 amide bonds. The maximum absolute atomic E-state index is 11.9. The van der Waals surface area contributed by atoms with Crippen molar-refractivity contribution >= 4 is 33.2 Å². The Balaban J connectivity index is 1.72. The number of aliphatic carboxylic acids is 1. The van der Waals surface area contributed by atoms with E-state index in [9.17, 15) is 17.8 Å². The highest BCUT2D eigenvalue weighted by molar-refractivity contribution is 7.85. The Bertz CT molecular complexity index is 1540. The summed E-state index contributed by atoms with van der Waals surface area (Å²) in [6.45, 7) is 10.6. The van der Waals surface area contributed by atoms with Crippen molar-refractivity contribution in [3.63, 3.8) is 0 Å². The van der Waals surface area contributed by atoms with Crippen LogP contribution in [0.1, 0.15) is 70.9 Å². The minimum absolute atomic E-state index is 0.102. The Kier molecular flexibility index (Phi) is 9.45. The summed E-state index contributed by atoms with van der Waals surface area (Å²) in [6, 6.07) is 13.3. The lowest BCUT2D eigenvalue weighted by atomic mass is 9.78. The van der Waals surface area contributed by atoms with Crippen LogP contribution in [0.3, 0.4) is 0 Å². The zero-order valence-corrected chi connectivity index (χ0v) is 26.1. The van der Waals surface area contributed by atoms with E-state index in [4.69, 9.17) is 9.84 Å². The van der Waals surface area contributed by atoms with Crippen LogP contribution in [0.5, 0.6) is 0 Å². The van der Waals surface area contributed by atoms with Crippen LogP contribution in [0.2, 0.25) is 0 Å². The SMILES string of the molecule is CC[N+]1=C(/C=C/C=C2/N(CCCCCC(=O)O)c3ccccc3C2(C)CCOC)C(C)(C)c2cc(S(=O)(=O)O)ccc21. The fraction of sp³-hybridized carbons (Fsp3) is 0.455. The Morgan fingerprint density at radius 3 is 2.48 bits per heavy atom. The Hall–Kier alpha value is -3.27. The standard InChI is InChI=1S/C33H42N2O6S/c1-6-34-28-19-18-24(42(38,39)40)23-26(28)32(2,3)29(34)15-12-16-30-33(4,20-22-41-5)25-13-9-10-14-27(25)35(30)21-11-7-8-17-31(36)37/h9-10,12-16,18-19,23H,6-8,11,17,20-22H2,1-5H3,(H-,36,37,38,39,40)/p+1. The molecule has 2 aromatic carbocycles. The number of carboxylic acids is 1. The van der Waals surface area contributed by atoms with Gasteiger partial charge < -0.3 is 14.7 Å². The Morgan fingerprint density at radius 1 is 1.07 bits per heavy atom. The van der Waals surface area contributed by atoms with Gasteiger partial charge in [-0.1, -0.05) is 30.7 Å². The number of carbonyl (C=O) groups is 1. The quantitative estimate of drug-likeness (QED) is 0.161. The first kappa shape index (κ1) is 31.7. The number of anilines is 1. The molecule has 9 heteroatoms. The second-order valence-corrected chi connectivity index (χ2v) is 13.2. The number of ether oxygens (including phenoxy) is 1. The molecule has 2 N–H and O–H groups in total. The second-order valence-electron chi connectivity index (χ2n) is 11.8. The molecule has 2 aliphatic heterocycles. The predicted molar refractivity (Wildman–Crippen MR) is 166 cm³/mol. The molecule has 2 heterocycles. The van der Waals surface area contributed by atoms with E-state index >= 15 is 0 Å². The summed E-state index contributed by atoms with van der Waals surface area (Å²) < 4.78 is 41.1. The molecule has 0 fully saturated rings. The van der Waals surface area contributed by atoms with Crippen LogP contribution < -0.4 is 4.90 Å². The lowest BCUT2D eigenvalue weighted by Gasteiger charge is -2.30.